The van der Waals surface area contributed by atoms with E-state index in [1.165, 1.54) is 10.6 Å². The van der Waals surface area contributed by atoms with Crippen LogP contribution in [0, 0.1) is 5.92 Å². The maximum atomic E-state index is 11.9. The zero-order valence-electron chi connectivity index (χ0n) is 12.4. The van der Waals surface area contributed by atoms with Gasteiger partial charge in [-0.05, 0) is 31.4 Å². The van der Waals surface area contributed by atoms with Crippen LogP contribution in [0.25, 0.3) is 0 Å². The Bertz CT molecular complexity index is 452. The summed E-state index contributed by atoms with van der Waals surface area (Å²) in [4.78, 5) is 22.8. The van der Waals surface area contributed by atoms with Crippen LogP contribution >= 0.6 is 0 Å². The smallest absolute Gasteiger partial charge is 0.352 e. The quantitative estimate of drug-likeness (QED) is 0.768. The van der Waals surface area contributed by atoms with E-state index in [1.54, 1.807) is 12.3 Å². The third-order valence-electron chi connectivity index (χ3n) is 3.19. The number of amides is 1. The van der Waals surface area contributed by atoms with Crippen molar-refractivity contribution in [1.82, 2.24) is 9.88 Å². The summed E-state index contributed by atoms with van der Waals surface area (Å²) >= 11 is 0. The van der Waals surface area contributed by atoms with Crippen molar-refractivity contribution in [3.8, 4) is 0 Å². The molecule has 0 saturated carbocycles. The lowest BCUT2D eigenvalue weighted by Gasteiger charge is -2.15. The molecule has 1 aromatic heterocycles. The van der Waals surface area contributed by atoms with Crippen LogP contribution in [0.3, 0.4) is 0 Å². The van der Waals surface area contributed by atoms with E-state index in [0.717, 1.165) is 19.3 Å². The van der Waals surface area contributed by atoms with Crippen LogP contribution in [0.15, 0.2) is 18.3 Å². The highest BCUT2D eigenvalue weighted by Crippen LogP contribution is 2.08. The fraction of sp³-hybridized carbons (Fsp3) is 0.600. The molecule has 5 nitrogen and oxygen atoms in total. The van der Waals surface area contributed by atoms with Crippen molar-refractivity contribution in [2.75, 3.05) is 0 Å². The van der Waals surface area contributed by atoms with E-state index in [0.29, 0.717) is 5.92 Å². The van der Waals surface area contributed by atoms with Gasteiger partial charge in [0.05, 0.1) is 0 Å². The first-order valence-corrected chi connectivity index (χ1v) is 7.08. The Morgan fingerprint density at radius 1 is 1.30 bits per heavy atom. The van der Waals surface area contributed by atoms with Gasteiger partial charge in [0, 0.05) is 12.2 Å². The summed E-state index contributed by atoms with van der Waals surface area (Å²) in [7, 11) is 0. The molecular weight excluding hydrogens is 256 g/mol. The van der Waals surface area contributed by atoms with Crippen LogP contribution in [-0.4, -0.2) is 27.6 Å². The monoisotopic (exact) mass is 280 g/mol. The SMILES string of the molecule is CC(C)CCCC(C)NC(=O)Cn1cccc1C(=O)O. The van der Waals surface area contributed by atoms with Crippen LogP contribution in [-0.2, 0) is 11.3 Å². The molecule has 2 N–H and O–H groups in total. The van der Waals surface area contributed by atoms with Crippen molar-refractivity contribution in [2.45, 2.75) is 52.6 Å². The largest absolute Gasteiger partial charge is 0.477 e. The van der Waals surface area contributed by atoms with E-state index in [-0.39, 0.29) is 24.2 Å². The molecule has 0 bridgehead atoms. The first-order chi connectivity index (χ1) is 9.40. The maximum absolute atomic E-state index is 11.9. The predicted molar refractivity (Wildman–Crippen MR) is 77.7 cm³/mol. The molecule has 0 saturated heterocycles. The topological polar surface area (TPSA) is 71.3 Å². The Morgan fingerprint density at radius 2 is 2.00 bits per heavy atom. The van der Waals surface area contributed by atoms with Crippen molar-refractivity contribution < 1.29 is 14.7 Å². The molecular formula is C15H24N2O3. The van der Waals surface area contributed by atoms with Gasteiger partial charge >= 0.3 is 5.97 Å². The van der Waals surface area contributed by atoms with Gasteiger partial charge in [0.2, 0.25) is 5.91 Å². The molecule has 0 aromatic carbocycles. The normalized spacial score (nSPS) is 12.4. The molecule has 5 heteroatoms. The Hall–Kier alpha value is -1.78. The lowest BCUT2D eigenvalue weighted by molar-refractivity contribution is -0.122. The molecule has 1 amide bonds. The number of nitrogens with one attached hydrogen (secondary N) is 1. The molecule has 1 rings (SSSR count). The number of carboxylic acid groups (broad SMARTS) is 1. The standard InChI is InChI=1S/C15H24N2O3/c1-11(2)6-4-7-12(3)16-14(18)10-17-9-5-8-13(17)15(19)20/h5,8-9,11-12H,4,6-7,10H2,1-3H3,(H,16,18)(H,19,20). The van der Waals surface area contributed by atoms with Gasteiger partial charge in [-0.2, -0.15) is 0 Å². The van der Waals surface area contributed by atoms with Gasteiger partial charge in [0.25, 0.3) is 0 Å². The molecule has 0 aliphatic rings. The molecule has 112 valence electrons. The summed E-state index contributed by atoms with van der Waals surface area (Å²) in [6.45, 7) is 6.39. The second kappa shape index (κ2) is 7.72. The highest BCUT2D eigenvalue weighted by Gasteiger charge is 2.13. The van der Waals surface area contributed by atoms with Crippen LogP contribution < -0.4 is 5.32 Å². The number of aromatic carboxylic acids is 1. The molecule has 0 aliphatic heterocycles. The fourth-order valence-corrected chi connectivity index (χ4v) is 2.13. The number of nitrogens with zero attached hydrogens (tertiary/aromatic N) is 1. The van der Waals surface area contributed by atoms with Crippen LogP contribution in [0.4, 0.5) is 0 Å². The highest BCUT2D eigenvalue weighted by molar-refractivity contribution is 5.86. The Kier molecular flexibility index (Phi) is 6.28. The van der Waals surface area contributed by atoms with Gasteiger partial charge in [-0.3, -0.25) is 4.79 Å². The first kappa shape index (κ1) is 16.3. The highest BCUT2D eigenvalue weighted by atomic mass is 16.4. The zero-order chi connectivity index (χ0) is 15.1. The molecule has 0 spiro atoms. The molecule has 0 radical (unpaired) electrons. The first-order valence-electron chi connectivity index (χ1n) is 7.08. The van der Waals surface area contributed by atoms with Crippen LogP contribution in [0.1, 0.15) is 50.5 Å². The second-order valence-corrected chi connectivity index (χ2v) is 5.62. The minimum Gasteiger partial charge on any atom is -0.477 e. The predicted octanol–water partition coefficient (Wildman–Crippen LogP) is 2.52. The number of hydrogen-bond donors (Lipinski definition) is 2. The summed E-state index contributed by atoms with van der Waals surface area (Å²) in [6, 6.07) is 3.23. The van der Waals surface area contributed by atoms with Crippen LogP contribution in [0.5, 0.6) is 0 Å². The van der Waals surface area contributed by atoms with E-state index in [2.05, 4.69) is 19.2 Å². The molecule has 1 atom stereocenters. The van der Waals surface area contributed by atoms with E-state index < -0.39 is 5.97 Å². The average molecular weight is 280 g/mol. The lowest BCUT2D eigenvalue weighted by Crippen LogP contribution is -2.35. The van der Waals surface area contributed by atoms with Crippen LogP contribution in [0.2, 0.25) is 0 Å². The number of aromatic nitrogens is 1. The molecule has 20 heavy (non-hydrogen) atoms. The molecule has 0 aliphatic carbocycles. The third kappa shape index (κ3) is 5.47. The Morgan fingerprint density at radius 3 is 2.60 bits per heavy atom. The summed E-state index contributed by atoms with van der Waals surface area (Å²) in [5, 5.41) is 11.9. The van der Waals surface area contributed by atoms with E-state index in [4.69, 9.17) is 5.11 Å². The number of carbonyl (C=O) groups is 2. The summed E-state index contributed by atoms with van der Waals surface area (Å²) in [5.41, 5.74) is 0.132. The van der Waals surface area contributed by atoms with E-state index in [1.807, 2.05) is 6.92 Å². The Balaban J connectivity index is 2.39. The second-order valence-electron chi connectivity index (χ2n) is 5.62. The Labute approximate surface area is 120 Å². The summed E-state index contributed by atoms with van der Waals surface area (Å²) in [5.74, 6) is -0.496. The van der Waals surface area contributed by atoms with Gasteiger partial charge < -0.3 is 15.0 Å². The minimum absolute atomic E-state index is 0.0448. The fourth-order valence-electron chi connectivity index (χ4n) is 2.13. The molecule has 1 aromatic rings. The van der Waals surface area contributed by atoms with Gasteiger partial charge in [-0.15, -0.1) is 0 Å². The molecule has 0 fully saturated rings. The van der Waals surface area contributed by atoms with Crippen molar-refractivity contribution in [3.63, 3.8) is 0 Å². The lowest BCUT2D eigenvalue weighted by atomic mass is 10.0. The minimum atomic E-state index is -1.02. The van der Waals surface area contributed by atoms with Crippen molar-refractivity contribution in [3.05, 3.63) is 24.0 Å². The maximum Gasteiger partial charge on any atom is 0.352 e. The van der Waals surface area contributed by atoms with Crippen molar-refractivity contribution in [1.29, 1.82) is 0 Å². The molecule has 1 unspecified atom stereocenters. The van der Waals surface area contributed by atoms with Crippen molar-refractivity contribution in [2.24, 2.45) is 5.92 Å². The summed E-state index contributed by atoms with van der Waals surface area (Å²) in [6.07, 6.45) is 4.79. The summed E-state index contributed by atoms with van der Waals surface area (Å²) < 4.78 is 1.44. The van der Waals surface area contributed by atoms with Gasteiger partial charge in [-0.1, -0.05) is 26.7 Å². The van der Waals surface area contributed by atoms with Gasteiger partial charge in [0.15, 0.2) is 0 Å². The number of carbonyl (C=O) groups excluding carboxylic acids is 1. The van der Waals surface area contributed by atoms with E-state index >= 15 is 0 Å². The van der Waals surface area contributed by atoms with E-state index in [9.17, 15) is 9.59 Å². The number of carboxylic acids is 1. The number of hydrogen-bond acceptors (Lipinski definition) is 2. The van der Waals surface area contributed by atoms with Gasteiger partial charge in [0.1, 0.15) is 12.2 Å². The zero-order valence-corrected chi connectivity index (χ0v) is 12.4. The third-order valence-corrected chi connectivity index (χ3v) is 3.19. The number of rotatable bonds is 8. The average Bonchev–Trinajstić information content (AvgIpc) is 2.76. The van der Waals surface area contributed by atoms with Gasteiger partial charge in [-0.25, -0.2) is 4.79 Å². The molecule has 1 heterocycles. The van der Waals surface area contributed by atoms with Crippen molar-refractivity contribution >= 4 is 11.9 Å².